The number of aromatic hydroxyl groups is 1. The summed E-state index contributed by atoms with van der Waals surface area (Å²) in [5, 5.41) is 17.8. The highest BCUT2D eigenvalue weighted by molar-refractivity contribution is 7.90. The molecule has 0 bridgehead atoms. The van der Waals surface area contributed by atoms with E-state index in [1.54, 1.807) is 24.4 Å². The van der Waals surface area contributed by atoms with Gasteiger partial charge >= 0.3 is 6.18 Å². The molecular formula is C20H14F3N3O3S3. The number of thiazole rings is 1. The summed E-state index contributed by atoms with van der Waals surface area (Å²) in [6, 6.07) is 7.92. The zero-order chi connectivity index (χ0) is 23.3. The maximum Gasteiger partial charge on any atom is 0.417 e. The number of hydrogen-bond donors (Lipinski definition) is 3. The first-order chi connectivity index (χ1) is 14.9. The van der Waals surface area contributed by atoms with Gasteiger partial charge in [0.25, 0.3) is 0 Å². The van der Waals surface area contributed by atoms with Crippen molar-refractivity contribution in [3.05, 3.63) is 68.1 Å². The second-order valence-corrected chi connectivity index (χ2v) is 10.6. The van der Waals surface area contributed by atoms with E-state index in [9.17, 15) is 26.7 Å². The fraction of sp³-hybridized carbons (Fsp3) is 0.100. The van der Waals surface area contributed by atoms with Crippen molar-refractivity contribution in [1.82, 2.24) is 15.2 Å². The lowest BCUT2D eigenvalue weighted by atomic mass is 9.97. The van der Waals surface area contributed by atoms with E-state index in [0.717, 1.165) is 40.6 Å². The minimum Gasteiger partial charge on any atom is -0.494 e. The zero-order valence-corrected chi connectivity index (χ0v) is 18.6. The van der Waals surface area contributed by atoms with Crippen LogP contribution >= 0.6 is 23.6 Å². The molecule has 0 unspecified atom stereocenters. The first-order valence-electron chi connectivity index (χ1n) is 8.92. The Kier molecular flexibility index (Phi) is 5.47. The second-order valence-electron chi connectivity index (χ2n) is 6.94. The molecule has 166 valence electrons. The number of hydrogen-bond acceptors (Lipinski definition) is 6. The highest BCUT2D eigenvalue weighted by atomic mass is 32.2. The van der Waals surface area contributed by atoms with Gasteiger partial charge in [-0.2, -0.15) is 18.3 Å². The Balaban J connectivity index is 2.00. The number of alkyl halides is 3. The van der Waals surface area contributed by atoms with Gasteiger partial charge in [0.2, 0.25) is 5.88 Å². The maximum absolute atomic E-state index is 13.8. The lowest BCUT2D eigenvalue weighted by Gasteiger charge is -2.14. The number of sulfone groups is 1. The monoisotopic (exact) mass is 497 g/mol. The minimum atomic E-state index is -4.81. The number of aromatic amines is 2. The van der Waals surface area contributed by atoms with E-state index in [1.165, 1.54) is 6.08 Å². The van der Waals surface area contributed by atoms with Crippen LogP contribution in [0.3, 0.4) is 0 Å². The highest BCUT2D eigenvalue weighted by Gasteiger charge is 2.34. The van der Waals surface area contributed by atoms with Crippen molar-refractivity contribution in [1.29, 1.82) is 0 Å². The van der Waals surface area contributed by atoms with E-state index in [0.29, 0.717) is 11.6 Å². The number of aromatic nitrogens is 3. The number of halogens is 3. The van der Waals surface area contributed by atoms with Crippen molar-refractivity contribution in [2.45, 2.75) is 11.1 Å². The Labute approximate surface area is 189 Å². The van der Waals surface area contributed by atoms with Crippen LogP contribution in [-0.4, -0.2) is 35.0 Å². The molecule has 3 N–H and O–H groups in total. The lowest BCUT2D eigenvalue weighted by Crippen LogP contribution is -2.10. The van der Waals surface area contributed by atoms with Gasteiger partial charge in [-0.25, -0.2) is 8.42 Å². The summed E-state index contributed by atoms with van der Waals surface area (Å²) in [6.07, 6.45) is -1.14. The number of nitrogens with zero attached hydrogens (tertiary/aromatic N) is 1. The highest BCUT2D eigenvalue weighted by Crippen LogP contribution is 2.39. The molecular weight excluding hydrogens is 483 g/mol. The Bertz CT molecular complexity index is 1530. The minimum absolute atomic E-state index is 0.247. The summed E-state index contributed by atoms with van der Waals surface area (Å²) in [7, 11) is -3.84. The topological polar surface area (TPSA) is 98.8 Å². The third-order valence-electron chi connectivity index (χ3n) is 4.68. The number of nitrogens with one attached hydrogen (secondary N) is 2. The molecule has 2 aromatic heterocycles. The fourth-order valence-corrected chi connectivity index (χ4v) is 4.95. The van der Waals surface area contributed by atoms with Crippen LogP contribution in [0.15, 0.2) is 47.5 Å². The second kappa shape index (κ2) is 7.87. The van der Waals surface area contributed by atoms with Gasteiger partial charge in [-0.05, 0) is 53.7 Å². The number of H-pyrrole nitrogens is 2. The molecule has 12 heteroatoms. The molecule has 0 aliphatic carbocycles. The van der Waals surface area contributed by atoms with Crippen molar-refractivity contribution in [3.8, 4) is 5.88 Å². The lowest BCUT2D eigenvalue weighted by molar-refractivity contribution is -0.137. The Hall–Kier alpha value is -2.96. The van der Waals surface area contributed by atoms with Gasteiger partial charge in [0, 0.05) is 17.2 Å². The third-order valence-corrected chi connectivity index (χ3v) is 7.05. The van der Waals surface area contributed by atoms with Gasteiger partial charge in [0.15, 0.2) is 13.8 Å². The molecule has 4 aromatic rings. The van der Waals surface area contributed by atoms with E-state index in [-0.39, 0.29) is 25.8 Å². The molecule has 0 radical (unpaired) electrons. The molecule has 0 fully saturated rings. The summed E-state index contributed by atoms with van der Waals surface area (Å²) in [6.45, 7) is 0. The van der Waals surface area contributed by atoms with Crippen LogP contribution in [0.1, 0.15) is 21.6 Å². The standard InChI is InChI=1S/C20H14F3N3O3S3/c1-32(28,29)13-4-2-11(15(8-13)20(21,22)23)7-14(17-18(27)25-19(30)31-17)10-3-5-16-12(6-10)9-24-26-16/h2-9,27H,1H3,(H,24,26)(H,25,30). The predicted molar refractivity (Wildman–Crippen MR) is 119 cm³/mol. The quantitative estimate of drug-likeness (QED) is 0.259. The molecule has 0 atom stereocenters. The average Bonchev–Trinajstić information content (AvgIpc) is 3.29. The first kappa shape index (κ1) is 22.2. The normalized spacial score (nSPS) is 13.1. The van der Waals surface area contributed by atoms with Gasteiger partial charge in [0.05, 0.1) is 27.0 Å². The molecule has 0 spiro atoms. The largest absolute Gasteiger partial charge is 0.494 e. The van der Waals surface area contributed by atoms with Gasteiger partial charge in [-0.1, -0.05) is 12.1 Å². The van der Waals surface area contributed by atoms with E-state index in [2.05, 4.69) is 15.2 Å². The van der Waals surface area contributed by atoms with Crippen LogP contribution < -0.4 is 0 Å². The zero-order valence-electron chi connectivity index (χ0n) is 16.2. The molecule has 0 aliphatic rings. The third kappa shape index (κ3) is 4.33. The van der Waals surface area contributed by atoms with Crippen molar-refractivity contribution in [2.24, 2.45) is 0 Å². The van der Waals surface area contributed by atoms with Crippen LogP contribution in [0.25, 0.3) is 22.6 Å². The maximum atomic E-state index is 13.8. The van der Waals surface area contributed by atoms with Crippen molar-refractivity contribution in [2.75, 3.05) is 6.26 Å². The fourth-order valence-electron chi connectivity index (χ4n) is 3.19. The summed E-state index contributed by atoms with van der Waals surface area (Å²) in [5.74, 6) is -0.278. The van der Waals surface area contributed by atoms with Crippen LogP contribution in [0.4, 0.5) is 13.2 Å². The Morgan fingerprint density at radius 2 is 1.97 bits per heavy atom. The smallest absolute Gasteiger partial charge is 0.417 e. The van der Waals surface area contributed by atoms with Crippen molar-refractivity contribution in [3.63, 3.8) is 0 Å². The molecule has 32 heavy (non-hydrogen) atoms. The van der Waals surface area contributed by atoms with E-state index in [4.69, 9.17) is 12.2 Å². The van der Waals surface area contributed by atoms with Crippen molar-refractivity contribution < 1.29 is 26.7 Å². The van der Waals surface area contributed by atoms with Crippen LogP contribution in [0, 0.1) is 3.95 Å². The van der Waals surface area contributed by atoms with E-state index < -0.39 is 26.5 Å². The SMILES string of the molecule is CS(=O)(=O)c1ccc(C=C(c2ccc3[nH]ncc3c2)c2sc(=S)[nH]c2O)c(C(F)(F)F)c1. The number of fused-ring (bicyclic) bond motifs is 1. The van der Waals surface area contributed by atoms with Gasteiger partial charge < -0.3 is 10.1 Å². The summed E-state index contributed by atoms with van der Waals surface area (Å²) >= 11 is 6.08. The molecule has 6 nitrogen and oxygen atoms in total. The number of rotatable bonds is 4. The molecule has 0 saturated carbocycles. The van der Waals surface area contributed by atoms with E-state index in [1.807, 2.05) is 0 Å². The Morgan fingerprint density at radius 3 is 2.59 bits per heavy atom. The van der Waals surface area contributed by atoms with Gasteiger partial charge in [-0.15, -0.1) is 11.3 Å². The predicted octanol–water partition coefficient (Wildman–Crippen LogP) is 5.40. The molecule has 4 rings (SSSR count). The first-order valence-corrected chi connectivity index (χ1v) is 12.0. The molecule has 2 aromatic carbocycles. The molecule has 0 amide bonds. The molecule has 0 aliphatic heterocycles. The van der Waals surface area contributed by atoms with E-state index >= 15 is 0 Å². The molecule has 0 saturated heterocycles. The van der Waals surface area contributed by atoms with Crippen LogP contribution in [0.5, 0.6) is 5.88 Å². The summed E-state index contributed by atoms with van der Waals surface area (Å²) < 4.78 is 65.3. The van der Waals surface area contributed by atoms with Crippen LogP contribution in [0.2, 0.25) is 0 Å². The Morgan fingerprint density at radius 1 is 1.22 bits per heavy atom. The average molecular weight is 498 g/mol. The van der Waals surface area contributed by atoms with Crippen LogP contribution in [-0.2, 0) is 16.0 Å². The summed E-state index contributed by atoms with van der Waals surface area (Å²) in [5.41, 5.74) is 0.152. The number of benzene rings is 2. The van der Waals surface area contributed by atoms with Crippen molar-refractivity contribution >= 4 is 55.9 Å². The van der Waals surface area contributed by atoms with Gasteiger partial charge in [-0.3, -0.25) is 5.10 Å². The van der Waals surface area contributed by atoms with Gasteiger partial charge in [0.1, 0.15) is 0 Å². The summed E-state index contributed by atoms with van der Waals surface area (Å²) in [4.78, 5) is 2.38. The molecule has 2 heterocycles.